The van der Waals surface area contributed by atoms with E-state index in [1.165, 1.54) is 12.7 Å². The molecule has 0 unspecified atom stereocenters. The van der Waals surface area contributed by atoms with Crippen LogP contribution >= 0.6 is 0 Å². The van der Waals surface area contributed by atoms with Crippen LogP contribution in [0.2, 0.25) is 0 Å². The van der Waals surface area contributed by atoms with Gasteiger partial charge in [0.2, 0.25) is 0 Å². The highest BCUT2D eigenvalue weighted by Crippen LogP contribution is 2.47. The van der Waals surface area contributed by atoms with Crippen molar-refractivity contribution in [2.75, 3.05) is 17.2 Å². The van der Waals surface area contributed by atoms with Gasteiger partial charge in [-0.15, -0.1) is 20.4 Å². The van der Waals surface area contributed by atoms with Crippen molar-refractivity contribution in [2.24, 2.45) is 14.1 Å². The summed E-state index contributed by atoms with van der Waals surface area (Å²) < 4.78 is 3.71. The number of carbonyl (C=O) groups is 2. The monoisotopic (exact) mass is 854 g/mol. The lowest BCUT2D eigenvalue weighted by molar-refractivity contribution is 0.0942. The molecule has 9 rings (SSSR count). The molecule has 0 radical (unpaired) electrons. The van der Waals surface area contributed by atoms with Gasteiger partial charge in [0, 0.05) is 79.4 Å². The first-order valence-corrected chi connectivity index (χ1v) is 20.5. The zero-order valence-corrected chi connectivity index (χ0v) is 34.9. The maximum Gasteiger partial charge on any atom is 0.257 e. The molecule has 1 fully saturated rings. The molecule has 0 bridgehead atoms. The molecule has 320 valence electrons. The molecule has 1 aliphatic rings. The maximum absolute atomic E-state index is 13.4. The van der Waals surface area contributed by atoms with Crippen LogP contribution in [0, 0.1) is 0 Å². The third-order valence-corrected chi connectivity index (χ3v) is 11.1. The Morgan fingerprint density at radius 2 is 1.25 bits per heavy atom. The zero-order valence-electron chi connectivity index (χ0n) is 34.9. The first-order chi connectivity index (χ1) is 31.2. The smallest absolute Gasteiger partial charge is 0.257 e. The topological polar surface area (TPSA) is 241 Å². The molecule has 19 heteroatoms. The Bertz CT molecular complexity index is 3020. The van der Waals surface area contributed by atoms with Crippen LogP contribution in [-0.2, 0) is 39.1 Å². The van der Waals surface area contributed by atoms with Crippen LogP contribution in [0.5, 0.6) is 0 Å². The minimum Gasteiger partial charge on any atom is -0.378 e. The van der Waals surface area contributed by atoms with Gasteiger partial charge >= 0.3 is 0 Å². The van der Waals surface area contributed by atoms with Crippen LogP contribution < -0.4 is 26.8 Å². The highest BCUT2D eigenvalue weighted by atomic mass is 16.2. The summed E-state index contributed by atoms with van der Waals surface area (Å²) in [4.78, 5) is 64.0. The first-order valence-electron chi connectivity index (χ1n) is 20.5. The number of aromatic nitrogens is 12. The van der Waals surface area contributed by atoms with Gasteiger partial charge in [-0.05, 0) is 85.1 Å². The van der Waals surface area contributed by atoms with Gasteiger partial charge in [0.15, 0.2) is 23.3 Å². The quantitative estimate of drug-likeness (QED) is 0.0915. The molecule has 6 heterocycles. The van der Waals surface area contributed by atoms with Gasteiger partial charge in [0.05, 0.1) is 24.3 Å². The molecule has 0 spiro atoms. The van der Waals surface area contributed by atoms with Crippen LogP contribution in [0.25, 0.3) is 34.3 Å². The number of amides is 2. The summed E-state index contributed by atoms with van der Waals surface area (Å²) in [6.07, 6.45) is 9.50. The summed E-state index contributed by atoms with van der Waals surface area (Å²) in [5.74, 6) is 2.15. The lowest BCUT2D eigenvalue weighted by atomic mass is 10.00. The molecule has 2 amide bonds. The van der Waals surface area contributed by atoms with Crippen molar-refractivity contribution >= 4 is 23.2 Å². The standard InChI is InChI=1S/C45H42N16O3/c1-60-38(56-58-40(60)35-12-16-46-26-53-35)23-48-31-8-3-6-29(19-31)42(62)50-21-28-18-33(44(64)51-22-28)34-10-5-11-37(55-34)45(14-15-45)25-52-43(63)30-7-4-9-32(20-30)49-24-39-57-59-41(61(39)2)36-13-17-47-27-54-36/h3-13,16-20,22,26-27,48-49H,14-15,21,23-25H2,1-2H3,(H,50,62)(H,51,64)(H,52,63). The van der Waals surface area contributed by atoms with Gasteiger partial charge < -0.3 is 35.4 Å². The van der Waals surface area contributed by atoms with Crippen molar-refractivity contribution in [1.29, 1.82) is 0 Å². The van der Waals surface area contributed by atoms with Gasteiger partial charge in [-0.2, -0.15) is 0 Å². The molecule has 64 heavy (non-hydrogen) atoms. The van der Waals surface area contributed by atoms with Gasteiger partial charge in [-0.25, -0.2) is 19.9 Å². The van der Waals surface area contributed by atoms with E-state index in [-0.39, 0.29) is 29.3 Å². The fourth-order valence-corrected chi connectivity index (χ4v) is 7.24. The van der Waals surface area contributed by atoms with E-state index in [9.17, 15) is 14.4 Å². The largest absolute Gasteiger partial charge is 0.378 e. The molecular formula is C45H42N16O3. The minimum atomic E-state index is -0.357. The van der Waals surface area contributed by atoms with Crippen molar-refractivity contribution in [3.05, 3.63) is 161 Å². The van der Waals surface area contributed by atoms with Crippen molar-refractivity contribution < 1.29 is 9.59 Å². The second-order valence-electron chi connectivity index (χ2n) is 15.4. The first kappa shape index (κ1) is 40.9. The number of anilines is 2. The van der Waals surface area contributed by atoms with Crippen LogP contribution in [0.1, 0.15) is 56.5 Å². The number of benzene rings is 2. The van der Waals surface area contributed by atoms with E-state index in [2.05, 4.69) is 66.6 Å². The molecule has 1 aliphatic carbocycles. The van der Waals surface area contributed by atoms with E-state index in [4.69, 9.17) is 4.98 Å². The summed E-state index contributed by atoms with van der Waals surface area (Å²) in [6.45, 7) is 1.32. The Labute approximate surface area is 365 Å². The molecule has 2 aromatic carbocycles. The number of hydrogen-bond donors (Lipinski definition) is 5. The number of aromatic amines is 1. The molecule has 8 aromatic rings. The Kier molecular flexibility index (Phi) is 11.4. The molecule has 6 aromatic heterocycles. The fourth-order valence-electron chi connectivity index (χ4n) is 7.24. The minimum absolute atomic E-state index is 0.169. The van der Waals surface area contributed by atoms with Crippen molar-refractivity contribution in [3.8, 4) is 34.3 Å². The third kappa shape index (κ3) is 8.94. The second-order valence-corrected chi connectivity index (χ2v) is 15.4. The Morgan fingerprint density at radius 3 is 1.81 bits per heavy atom. The molecule has 0 saturated heterocycles. The summed E-state index contributed by atoms with van der Waals surface area (Å²) in [5.41, 5.74) is 5.51. The lowest BCUT2D eigenvalue weighted by Crippen LogP contribution is -2.32. The predicted octanol–water partition coefficient (Wildman–Crippen LogP) is 4.22. The summed E-state index contributed by atoms with van der Waals surface area (Å²) >= 11 is 0. The Hall–Kier alpha value is -8.48. The van der Waals surface area contributed by atoms with Crippen LogP contribution in [0.3, 0.4) is 0 Å². The fraction of sp³-hybridized carbons (Fsp3) is 0.200. The number of H-pyrrole nitrogens is 1. The molecule has 5 N–H and O–H groups in total. The highest BCUT2D eigenvalue weighted by molar-refractivity contribution is 5.95. The molecular weight excluding hydrogens is 813 g/mol. The lowest BCUT2D eigenvalue weighted by Gasteiger charge is -2.17. The summed E-state index contributed by atoms with van der Waals surface area (Å²) in [5, 5.41) is 29.8. The van der Waals surface area contributed by atoms with Gasteiger partial charge in [-0.1, -0.05) is 18.2 Å². The maximum atomic E-state index is 13.4. The SMILES string of the molecule is Cn1c(CNc2cccc(C(=O)NCc3c[nH]c(=O)c(-c4cccc(C5(CNC(=O)c6cccc(NCc7nnc(-c8ccncn8)n7C)c6)CC5)n4)c3)c2)nnc1-c1ccncn1. The van der Waals surface area contributed by atoms with Crippen molar-refractivity contribution in [1.82, 2.24) is 70.1 Å². The van der Waals surface area contributed by atoms with Crippen LogP contribution in [-0.4, -0.2) is 77.8 Å². The van der Waals surface area contributed by atoms with Crippen molar-refractivity contribution in [2.45, 2.75) is 37.9 Å². The van der Waals surface area contributed by atoms with Gasteiger partial charge in [0.25, 0.3) is 17.4 Å². The number of nitrogens with one attached hydrogen (secondary N) is 5. The summed E-state index contributed by atoms with van der Waals surface area (Å²) in [6, 6.07) is 25.3. The van der Waals surface area contributed by atoms with Crippen molar-refractivity contribution in [3.63, 3.8) is 0 Å². The average Bonchev–Trinajstić information content (AvgIpc) is 3.92. The Morgan fingerprint density at radius 1 is 0.672 bits per heavy atom. The molecule has 19 nitrogen and oxygen atoms in total. The van der Waals surface area contributed by atoms with E-state index in [1.54, 1.807) is 73.2 Å². The van der Waals surface area contributed by atoms with Crippen LogP contribution in [0.4, 0.5) is 11.4 Å². The van der Waals surface area contributed by atoms with Gasteiger partial charge in [-0.3, -0.25) is 19.4 Å². The number of carbonyl (C=O) groups excluding carboxylic acids is 2. The summed E-state index contributed by atoms with van der Waals surface area (Å²) in [7, 11) is 3.74. The van der Waals surface area contributed by atoms with E-state index >= 15 is 0 Å². The number of nitrogens with zero attached hydrogens (tertiary/aromatic N) is 11. The van der Waals surface area contributed by atoms with Crippen LogP contribution in [0.15, 0.2) is 121 Å². The normalized spacial score (nSPS) is 12.7. The van der Waals surface area contributed by atoms with E-state index in [1.807, 2.05) is 53.6 Å². The predicted molar refractivity (Wildman–Crippen MR) is 236 cm³/mol. The number of rotatable bonds is 16. The molecule has 1 saturated carbocycles. The number of hydrogen-bond acceptors (Lipinski definition) is 14. The Balaban J connectivity index is 0.797. The zero-order chi connectivity index (χ0) is 44.0. The van der Waals surface area contributed by atoms with E-state index in [0.29, 0.717) is 82.3 Å². The number of pyridine rings is 2. The second kappa shape index (κ2) is 17.9. The molecule has 0 atom stereocenters. The van der Waals surface area contributed by atoms with Gasteiger partial charge in [0.1, 0.15) is 24.0 Å². The highest BCUT2D eigenvalue weighted by Gasteiger charge is 2.46. The third-order valence-electron chi connectivity index (χ3n) is 11.1. The molecule has 0 aliphatic heterocycles. The average molecular weight is 855 g/mol. The van der Waals surface area contributed by atoms with E-state index in [0.717, 1.165) is 29.9 Å². The van der Waals surface area contributed by atoms with E-state index < -0.39 is 0 Å².